The summed E-state index contributed by atoms with van der Waals surface area (Å²) in [5.74, 6) is 0.809. The van der Waals surface area contributed by atoms with E-state index in [2.05, 4.69) is 5.32 Å². The lowest BCUT2D eigenvalue weighted by atomic mass is 9.89. The number of aliphatic hydroxyl groups excluding tert-OH is 1. The van der Waals surface area contributed by atoms with Crippen LogP contribution in [0.4, 0.5) is 0 Å². The molecule has 13 heavy (non-hydrogen) atoms. The molecular formula is C9H12ClNO2. The summed E-state index contributed by atoms with van der Waals surface area (Å²) in [7, 11) is 0. The normalized spacial score (nSPS) is 27.2. The Kier molecular flexibility index (Phi) is 2.58. The Bertz CT molecular complexity index is 287. The summed E-state index contributed by atoms with van der Waals surface area (Å²) >= 11 is 5.61. The van der Waals surface area contributed by atoms with E-state index in [0.717, 1.165) is 18.6 Å². The van der Waals surface area contributed by atoms with Crippen LogP contribution in [0, 0.1) is 0 Å². The topological polar surface area (TPSA) is 45.4 Å². The lowest BCUT2D eigenvalue weighted by Crippen LogP contribution is -2.47. The fourth-order valence-corrected chi connectivity index (χ4v) is 1.56. The van der Waals surface area contributed by atoms with Gasteiger partial charge in [-0.25, -0.2) is 0 Å². The van der Waals surface area contributed by atoms with E-state index < -0.39 is 0 Å². The standard InChI is InChI=1S/C9H12ClNO2/c10-9-4-1-6(13-9)5-11-7-2-3-8(7)12/h1,4,7-8,11-12H,2-3,5H2/t7-,8-/m1/s1. The van der Waals surface area contributed by atoms with Crippen molar-refractivity contribution in [3.05, 3.63) is 23.1 Å². The van der Waals surface area contributed by atoms with Gasteiger partial charge in [-0.05, 0) is 36.6 Å². The molecule has 0 aromatic carbocycles. The summed E-state index contributed by atoms with van der Waals surface area (Å²) in [4.78, 5) is 0. The second-order valence-electron chi connectivity index (χ2n) is 3.34. The third-order valence-electron chi connectivity index (χ3n) is 2.41. The Morgan fingerprint density at radius 2 is 2.38 bits per heavy atom. The van der Waals surface area contributed by atoms with Crippen LogP contribution in [0.5, 0.6) is 0 Å². The zero-order valence-electron chi connectivity index (χ0n) is 7.16. The third-order valence-corrected chi connectivity index (χ3v) is 2.61. The Morgan fingerprint density at radius 1 is 1.54 bits per heavy atom. The average molecular weight is 202 g/mol. The highest BCUT2D eigenvalue weighted by Gasteiger charge is 2.28. The van der Waals surface area contributed by atoms with E-state index in [4.69, 9.17) is 16.0 Å². The van der Waals surface area contributed by atoms with E-state index in [1.807, 2.05) is 6.07 Å². The molecule has 0 spiro atoms. The second kappa shape index (κ2) is 3.70. The van der Waals surface area contributed by atoms with Gasteiger partial charge in [-0.2, -0.15) is 0 Å². The summed E-state index contributed by atoms with van der Waals surface area (Å²) in [6, 6.07) is 3.78. The Labute approximate surface area is 81.7 Å². The fraction of sp³-hybridized carbons (Fsp3) is 0.556. The molecule has 3 nitrogen and oxygen atoms in total. The predicted molar refractivity (Wildman–Crippen MR) is 49.6 cm³/mol. The molecule has 72 valence electrons. The van der Waals surface area contributed by atoms with E-state index in [9.17, 15) is 5.11 Å². The first-order valence-electron chi connectivity index (χ1n) is 4.41. The van der Waals surface area contributed by atoms with E-state index in [1.165, 1.54) is 0 Å². The first kappa shape index (κ1) is 9.06. The number of furan rings is 1. The molecule has 1 aliphatic rings. The summed E-state index contributed by atoms with van der Waals surface area (Å²) < 4.78 is 5.16. The van der Waals surface area contributed by atoms with Gasteiger partial charge in [0.25, 0.3) is 0 Å². The van der Waals surface area contributed by atoms with E-state index in [1.54, 1.807) is 6.07 Å². The third kappa shape index (κ3) is 2.05. The Balaban J connectivity index is 1.79. The molecule has 1 aromatic rings. The minimum Gasteiger partial charge on any atom is -0.448 e. The molecule has 0 bridgehead atoms. The highest BCUT2D eigenvalue weighted by Crippen LogP contribution is 2.20. The average Bonchev–Trinajstić information content (AvgIpc) is 2.49. The van der Waals surface area contributed by atoms with Crippen molar-refractivity contribution in [2.75, 3.05) is 0 Å². The minimum atomic E-state index is -0.189. The van der Waals surface area contributed by atoms with Gasteiger partial charge in [0.05, 0.1) is 12.6 Å². The van der Waals surface area contributed by atoms with Crippen molar-refractivity contribution in [3.63, 3.8) is 0 Å². The number of rotatable bonds is 3. The van der Waals surface area contributed by atoms with Crippen LogP contribution in [0.3, 0.4) is 0 Å². The smallest absolute Gasteiger partial charge is 0.193 e. The van der Waals surface area contributed by atoms with Crippen LogP contribution in [0.1, 0.15) is 18.6 Å². The summed E-state index contributed by atoms with van der Waals surface area (Å²) in [5, 5.41) is 12.9. The molecule has 0 aliphatic heterocycles. The zero-order chi connectivity index (χ0) is 9.26. The summed E-state index contributed by atoms with van der Waals surface area (Å²) in [6.07, 6.45) is 1.75. The van der Waals surface area contributed by atoms with Crippen LogP contribution in [-0.2, 0) is 6.54 Å². The number of hydrogen-bond acceptors (Lipinski definition) is 3. The van der Waals surface area contributed by atoms with Gasteiger partial charge in [0.2, 0.25) is 0 Å². The second-order valence-corrected chi connectivity index (χ2v) is 3.71. The highest BCUT2D eigenvalue weighted by molar-refractivity contribution is 6.28. The maximum Gasteiger partial charge on any atom is 0.193 e. The van der Waals surface area contributed by atoms with Crippen LogP contribution in [0.15, 0.2) is 16.5 Å². The quantitative estimate of drug-likeness (QED) is 0.780. The van der Waals surface area contributed by atoms with Gasteiger partial charge < -0.3 is 14.8 Å². The van der Waals surface area contributed by atoms with Crippen molar-refractivity contribution in [1.29, 1.82) is 0 Å². The van der Waals surface area contributed by atoms with Crippen molar-refractivity contribution in [1.82, 2.24) is 5.32 Å². The molecule has 1 aliphatic carbocycles. The lowest BCUT2D eigenvalue weighted by molar-refractivity contribution is 0.0484. The maximum absolute atomic E-state index is 9.27. The SMILES string of the molecule is O[C@@H]1CC[C@H]1NCc1ccc(Cl)o1. The first-order valence-corrected chi connectivity index (χ1v) is 4.79. The molecule has 2 N–H and O–H groups in total. The molecule has 2 rings (SSSR count). The van der Waals surface area contributed by atoms with E-state index in [-0.39, 0.29) is 12.1 Å². The lowest BCUT2D eigenvalue weighted by Gasteiger charge is -2.32. The van der Waals surface area contributed by atoms with E-state index in [0.29, 0.717) is 11.8 Å². The maximum atomic E-state index is 9.27. The molecule has 1 aromatic heterocycles. The van der Waals surface area contributed by atoms with Gasteiger partial charge in [-0.15, -0.1) is 0 Å². The van der Waals surface area contributed by atoms with Crippen molar-refractivity contribution in [2.45, 2.75) is 31.5 Å². The molecule has 0 unspecified atom stereocenters. The molecule has 1 heterocycles. The molecule has 1 fully saturated rings. The Hall–Kier alpha value is -0.510. The van der Waals surface area contributed by atoms with Crippen molar-refractivity contribution in [2.24, 2.45) is 0 Å². The monoisotopic (exact) mass is 201 g/mol. The molecule has 4 heteroatoms. The number of aliphatic hydroxyl groups is 1. The molecule has 0 amide bonds. The van der Waals surface area contributed by atoms with Gasteiger partial charge in [0.15, 0.2) is 5.22 Å². The van der Waals surface area contributed by atoms with Crippen molar-refractivity contribution >= 4 is 11.6 Å². The molecular weight excluding hydrogens is 190 g/mol. The molecule has 0 saturated heterocycles. The molecule has 0 radical (unpaired) electrons. The van der Waals surface area contributed by atoms with Gasteiger partial charge in [-0.1, -0.05) is 0 Å². The van der Waals surface area contributed by atoms with Crippen LogP contribution in [0.25, 0.3) is 0 Å². The highest BCUT2D eigenvalue weighted by atomic mass is 35.5. The van der Waals surface area contributed by atoms with Crippen LogP contribution in [0.2, 0.25) is 5.22 Å². The largest absolute Gasteiger partial charge is 0.448 e. The van der Waals surface area contributed by atoms with Crippen LogP contribution < -0.4 is 5.32 Å². The summed E-state index contributed by atoms with van der Waals surface area (Å²) in [5.41, 5.74) is 0. The van der Waals surface area contributed by atoms with Gasteiger partial charge in [0, 0.05) is 6.04 Å². The van der Waals surface area contributed by atoms with Gasteiger partial charge >= 0.3 is 0 Å². The minimum absolute atomic E-state index is 0.189. The van der Waals surface area contributed by atoms with Gasteiger partial charge in [-0.3, -0.25) is 0 Å². The first-order chi connectivity index (χ1) is 6.25. The molecule has 1 saturated carbocycles. The fourth-order valence-electron chi connectivity index (χ4n) is 1.40. The van der Waals surface area contributed by atoms with Crippen LogP contribution in [-0.4, -0.2) is 17.3 Å². The molecule has 2 atom stereocenters. The van der Waals surface area contributed by atoms with Crippen molar-refractivity contribution in [3.8, 4) is 0 Å². The van der Waals surface area contributed by atoms with E-state index >= 15 is 0 Å². The zero-order valence-corrected chi connectivity index (χ0v) is 7.92. The number of hydrogen-bond donors (Lipinski definition) is 2. The summed E-state index contributed by atoms with van der Waals surface area (Å²) in [6.45, 7) is 0.633. The predicted octanol–water partition coefficient (Wildman–Crippen LogP) is 1.55. The number of nitrogens with one attached hydrogen (secondary N) is 1. The van der Waals surface area contributed by atoms with Gasteiger partial charge in [0.1, 0.15) is 5.76 Å². The van der Waals surface area contributed by atoms with Crippen molar-refractivity contribution < 1.29 is 9.52 Å². The van der Waals surface area contributed by atoms with Crippen LogP contribution >= 0.6 is 11.6 Å². The number of halogens is 1. The Morgan fingerprint density at radius 3 is 2.85 bits per heavy atom.